The Bertz CT molecular complexity index is 438. The highest BCUT2D eigenvalue weighted by Crippen LogP contribution is 2.28. The van der Waals surface area contributed by atoms with Crippen LogP contribution in [0.1, 0.15) is 46.2 Å². The van der Waals surface area contributed by atoms with Gasteiger partial charge in [-0.05, 0) is 40.2 Å². The van der Waals surface area contributed by atoms with Crippen LogP contribution in [0.5, 0.6) is 0 Å². The van der Waals surface area contributed by atoms with Gasteiger partial charge in [0.15, 0.2) is 0 Å². The summed E-state index contributed by atoms with van der Waals surface area (Å²) in [6.07, 6.45) is -0.503. The van der Waals surface area contributed by atoms with E-state index in [4.69, 9.17) is 15.5 Å². The third-order valence-electron chi connectivity index (χ3n) is 2.79. The molecule has 0 heterocycles. The molecule has 0 aliphatic rings. The van der Waals surface area contributed by atoms with Gasteiger partial charge in [-0.25, -0.2) is 10.7 Å². The number of rotatable bonds is 4. The molecule has 0 fully saturated rings. The van der Waals surface area contributed by atoms with Crippen molar-refractivity contribution in [2.45, 2.75) is 51.9 Å². The second-order valence-corrected chi connectivity index (χ2v) is 6.21. The van der Waals surface area contributed by atoms with Crippen LogP contribution in [-0.4, -0.2) is 17.3 Å². The van der Waals surface area contributed by atoms with Crippen molar-refractivity contribution in [3.8, 4) is 0 Å². The van der Waals surface area contributed by atoms with E-state index < -0.39 is 23.3 Å². The molecule has 1 unspecified atom stereocenters. The SMILES string of the molecule is CC(C)(C)OC(=O)NC(c1ccccc1)C(C)(C)ON. The van der Waals surface area contributed by atoms with E-state index in [1.54, 1.807) is 0 Å². The van der Waals surface area contributed by atoms with Crippen LogP contribution in [-0.2, 0) is 9.57 Å². The van der Waals surface area contributed by atoms with Crippen molar-refractivity contribution >= 4 is 6.09 Å². The standard InChI is InChI=1S/C15H24N2O3/c1-14(2,3)19-13(18)17-12(15(4,5)20-16)11-9-7-6-8-10-11/h6-10,12H,16H2,1-5H3,(H,17,18). The predicted molar refractivity (Wildman–Crippen MR) is 77.9 cm³/mol. The van der Waals surface area contributed by atoms with Gasteiger partial charge in [-0.1, -0.05) is 30.3 Å². The Labute approximate surface area is 120 Å². The maximum atomic E-state index is 12.0. The molecule has 0 radical (unpaired) electrons. The van der Waals surface area contributed by atoms with Crippen molar-refractivity contribution < 1.29 is 14.4 Å². The summed E-state index contributed by atoms with van der Waals surface area (Å²) in [5, 5.41) is 2.81. The molecule has 0 aliphatic heterocycles. The molecule has 1 aromatic carbocycles. The molecular weight excluding hydrogens is 256 g/mol. The molecule has 0 spiro atoms. The number of amides is 1. The minimum absolute atomic E-state index is 0.413. The smallest absolute Gasteiger partial charge is 0.408 e. The number of ether oxygens (including phenoxy) is 1. The number of nitrogens with one attached hydrogen (secondary N) is 1. The number of hydrogen-bond acceptors (Lipinski definition) is 4. The van der Waals surface area contributed by atoms with Crippen molar-refractivity contribution in [1.29, 1.82) is 0 Å². The van der Waals surface area contributed by atoms with E-state index in [1.807, 2.05) is 65.0 Å². The molecule has 5 heteroatoms. The molecule has 1 rings (SSSR count). The summed E-state index contributed by atoms with van der Waals surface area (Å²) in [6, 6.07) is 9.09. The molecule has 3 N–H and O–H groups in total. The summed E-state index contributed by atoms with van der Waals surface area (Å²) in [6.45, 7) is 9.06. The lowest BCUT2D eigenvalue weighted by Gasteiger charge is -2.33. The largest absolute Gasteiger partial charge is 0.444 e. The van der Waals surface area contributed by atoms with Crippen molar-refractivity contribution in [3.05, 3.63) is 35.9 Å². The minimum atomic E-state index is -0.766. The van der Waals surface area contributed by atoms with Gasteiger partial charge in [0.1, 0.15) is 11.2 Å². The fourth-order valence-electron chi connectivity index (χ4n) is 1.80. The van der Waals surface area contributed by atoms with Crippen LogP contribution in [0.2, 0.25) is 0 Å². The van der Waals surface area contributed by atoms with Crippen LogP contribution in [0.3, 0.4) is 0 Å². The molecule has 0 aliphatic carbocycles. The summed E-state index contributed by atoms with van der Waals surface area (Å²) < 4.78 is 5.28. The lowest BCUT2D eigenvalue weighted by molar-refractivity contribution is -0.0500. The summed E-state index contributed by atoms with van der Waals surface area (Å²) in [4.78, 5) is 17.0. The van der Waals surface area contributed by atoms with Gasteiger partial charge < -0.3 is 10.1 Å². The van der Waals surface area contributed by atoms with Gasteiger partial charge >= 0.3 is 6.09 Å². The Morgan fingerprint density at radius 1 is 1.15 bits per heavy atom. The summed E-state index contributed by atoms with van der Waals surface area (Å²) in [5.74, 6) is 5.36. The summed E-state index contributed by atoms with van der Waals surface area (Å²) >= 11 is 0. The maximum absolute atomic E-state index is 12.0. The van der Waals surface area contributed by atoms with E-state index in [9.17, 15) is 4.79 Å². The molecule has 5 nitrogen and oxygen atoms in total. The van der Waals surface area contributed by atoms with Gasteiger partial charge in [0.05, 0.1) is 6.04 Å². The third-order valence-corrected chi connectivity index (χ3v) is 2.79. The van der Waals surface area contributed by atoms with Crippen LogP contribution in [0.25, 0.3) is 0 Å². The van der Waals surface area contributed by atoms with E-state index in [-0.39, 0.29) is 0 Å². The Hall–Kier alpha value is -1.59. The lowest BCUT2D eigenvalue weighted by atomic mass is 9.92. The molecule has 0 saturated carbocycles. The first-order chi connectivity index (χ1) is 9.15. The quantitative estimate of drug-likeness (QED) is 0.832. The van der Waals surface area contributed by atoms with Gasteiger partial charge in [-0.2, -0.15) is 0 Å². The number of nitrogens with two attached hydrogens (primary N) is 1. The zero-order valence-corrected chi connectivity index (χ0v) is 12.8. The Morgan fingerprint density at radius 2 is 1.70 bits per heavy atom. The first kappa shape index (κ1) is 16.5. The molecule has 1 amide bonds. The van der Waals surface area contributed by atoms with Gasteiger partial charge in [-0.3, -0.25) is 4.84 Å². The van der Waals surface area contributed by atoms with Gasteiger partial charge in [0, 0.05) is 0 Å². The van der Waals surface area contributed by atoms with Gasteiger partial charge in [0.25, 0.3) is 0 Å². The molecule has 0 saturated heterocycles. The van der Waals surface area contributed by atoms with Crippen molar-refractivity contribution in [3.63, 3.8) is 0 Å². The maximum Gasteiger partial charge on any atom is 0.408 e. The molecule has 1 aromatic rings. The van der Waals surface area contributed by atoms with Crippen molar-refractivity contribution in [1.82, 2.24) is 5.32 Å². The Balaban J connectivity index is 2.93. The lowest BCUT2D eigenvalue weighted by Crippen LogP contribution is -2.46. The summed E-state index contributed by atoms with van der Waals surface area (Å²) in [5.41, 5.74) is -0.425. The van der Waals surface area contributed by atoms with Crippen LogP contribution in [0.4, 0.5) is 4.79 Å². The van der Waals surface area contributed by atoms with Crippen molar-refractivity contribution in [2.24, 2.45) is 5.90 Å². The highest BCUT2D eigenvalue weighted by Gasteiger charge is 2.34. The van der Waals surface area contributed by atoms with Crippen LogP contribution < -0.4 is 11.2 Å². The number of alkyl carbamates (subject to hydrolysis) is 1. The highest BCUT2D eigenvalue weighted by atomic mass is 16.6. The van der Waals surface area contributed by atoms with E-state index in [2.05, 4.69) is 5.32 Å². The fraction of sp³-hybridized carbons (Fsp3) is 0.533. The third kappa shape index (κ3) is 4.83. The molecular formula is C15H24N2O3. The fourth-order valence-corrected chi connectivity index (χ4v) is 1.80. The van der Waals surface area contributed by atoms with Crippen molar-refractivity contribution in [2.75, 3.05) is 0 Å². The predicted octanol–water partition coefficient (Wildman–Crippen LogP) is 2.92. The minimum Gasteiger partial charge on any atom is -0.444 e. The van der Waals surface area contributed by atoms with Gasteiger partial charge in [-0.15, -0.1) is 0 Å². The average Bonchev–Trinajstić information content (AvgIpc) is 2.35. The molecule has 0 bridgehead atoms. The number of benzene rings is 1. The topological polar surface area (TPSA) is 73.6 Å². The van der Waals surface area contributed by atoms with E-state index in [1.165, 1.54) is 0 Å². The van der Waals surface area contributed by atoms with E-state index in [0.717, 1.165) is 5.56 Å². The highest BCUT2D eigenvalue weighted by molar-refractivity contribution is 5.68. The molecule has 0 aromatic heterocycles. The van der Waals surface area contributed by atoms with E-state index in [0.29, 0.717) is 0 Å². The normalized spacial score (nSPS) is 13.7. The van der Waals surface area contributed by atoms with Gasteiger partial charge in [0.2, 0.25) is 0 Å². The first-order valence-corrected chi connectivity index (χ1v) is 6.58. The number of carbonyl (C=O) groups is 1. The molecule has 20 heavy (non-hydrogen) atoms. The zero-order valence-electron chi connectivity index (χ0n) is 12.8. The van der Waals surface area contributed by atoms with Crippen LogP contribution >= 0.6 is 0 Å². The Kier molecular flexibility index (Phi) is 5.14. The zero-order chi connectivity index (χ0) is 15.4. The van der Waals surface area contributed by atoms with E-state index >= 15 is 0 Å². The summed E-state index contributed by atoms with van der Waals surface area (Å²) in [7, 11) is 0. The first-order valence-electron chi connectivity index (χ1n) is 6.58. The average molecular weight is 280 g/mol. The van der Waals surface area contributed by atoms with Crippen LogP contribution in [0, 0.1) is 0 Å². The van der Waals surface area contributed by atoms with Crippen LogP contribution in [0.15, 0.2) is 30.3 Å². The molecule has 1 atom stereocenters. The second kappa shape index (κ2) is 6.24. The Morgan fingerprint density at radius 3 is 2.15 bits per heavy atom. The number of carbonyl (C=O) groups excluding carboxylic acids is 1. The molecule has 112 valence electrons. The second-order valence-electron chi connectivity index (χ2n) is 6.21. The number of hydrogen-bond donors (Lipinski definition) is 2. The monoisotopic (exact) mass is 280 g/mol.